The van der Waals surface area contributed by atoms with Crippen molar-refractivity contribution in [3.05, 3.63) is 106 Å². The molecule has 8 nitrogen and oxygen atoms in total. The van der Waals surface area contributed by atoms with Gasteiger partial charge in [0.15, 0.2) is 0 Å². The fraction of sp³-hybridized carbons (Fsp3) is 0.111. The highest BCUT2D eigenvalue weighted by Gasteiger charge is 2.16. The number of nitrogens with zero attached hydrogens (tertiary/aromatic N) is 3. The summed E-state index contributed by atoms with van der Waals surface area (Å²) in [6, 6.07) is 25.0. The Morgan fingerprint density at radius 2 is 1.71 bits per heavy atom. The lowest BCUT2D eigenvalue weighted by Crippen LogP contribution is -2.29. The summed E-state index contributed by atoms with van der Waals surface area (Å²) in [5.74, 6) is 0.607. The molecule has 3 N–H and O–H groups in total. The van der Waals surface area contributed by atoms with E-state index in [2.05, 4.69) is 25.7 Å². The molecular weight excluding hydrogens is 440 g/mol. The van der Waals surface area contributed by atoms with E-state index in [1.165, 1.54) is 4.68 Å². The van der Waals surface area contributed by atoms with Crippen LogP contribution in [0.1, 0.15) is 16.8 Å². The number of H-pyrrole nitrogens is 1. The number of fused-ring (bicyclic) bond motifs is 1. The molecule has 0 radical (unpaired) electrons. The lowest BCUT2D eigenvalue weighted by atomic mass is 10.0. The summed E-state index contributed by atoms with van der Waals surface area (Å²) in [6.07, 6.45) is 0. The third-order valence-corrected chi connectivity index (χ3v) is 5.92. The van der Waals surface area contributed by atoms with Crippen molar-refractivity contribution in [2.24, 2.45) is 0 Å². The number of hydrogen-bond donors (Lipinski definition) is 3. The monoisotopic (exact) mass is 464 g/mol. The molecule has 0 atom stereocenters. The first-order chi connectivity index (χ1) is 17.0. The van der Waals surface area contributed by atoms with Gasteiger partial charge >= 0.3 is 6.03 Å². The highest BCUT2D eigenvalue weighted by atomic mass is 16.2. The van der Waals surface area contributed by atoms with E-state index in [9.17, 15) is 9.59 Å². The summed E-state index contributed by atoms with van der Waals surface area (Å²) in [5.41, 5.74) is 3.39. The lowest BCUT2D eigenvalue weighted by Gasteiger charge is -2.11. The second-order valence-electron chi connectivity index (χ2n) is 8.24. The number of amides is 2. The van der Waals surface area contributed by atoms with Crippen molar-refractivity contribution in [3.8, 4) is 17.2 Å². The minimum Gasteiger partial charge on any atom is -0.334 e. The molecule has 5 aromatic rings. The molecule has 0 saturated carbocycles. The van der Waals surface area contributed by atoms with Crippen LogP contribution in [-0.2, 0) is 6.54 Å². The predicted molar refractivity (Wildman–Crippen MR) is 137 cm³/mol. The van der Waals surface area contributed by atoms with Gasteiger partial charge in [0.1, 0.15) is 5.82 Å². The molecule has 0 unspecified atom stereocenters. The van der Waals surface area contributed by atoms with Crippen molar-refractivity contribution in [2.45, 2.75) is 20.4 Å². The molecule has 0 bridgehead atoms. The van der Waals surface area contributed by atoms with Gasteiger partial charge in [-0.3, -0.25) is 15.1 Å². The Labute approximate surface area is 201 Å². The van der Waals surface area contributed by atoms with Crippen LogP contribution < -0.4 is 16.2 Å². The maximum absolute atomic E-state index is 12.9. The van der Waals surface area contributed by atoms with Crippen LogP contribution in [0.3, 0.4) is 0 Å². The van der Waals surface area contributed by atoms with E-state index in [4.69, 9.17) is 0 Å². The summed E-state index contributed by atoms with van der Waals surface area (Å²) in [6.45, 7) is 3.83. The van der Waals surface area contributed by atoms with Gasteiger partial charge < -0.3 is 5.32 Å². The van der Waals surface area contributed by atoms with Crippen LogP contribution in [0.15, 0.2) is 83.7 Å². The number of benzene rings is 3. The van der Waals surface area contributed by atoms with Gasteiger partial charge in [-0.15, -0.1) is 0 Å². The number of urea groups is 1. The second kappa shape index (κ2) is 9.26. The summed E-state index contributed by atoms with van der Waals surface area (Å²) >= 11 is 0. The number of carbonyl (C=O) groups is 1. The fourth-order valence-corrected chi connectivity index (χ4v) is 3.89. The SMILES string of the molecule is Cc1nc(-n2nc(-c3ccccc3)cc2NC(=O)NCc2cccc3ccccc23)[nH]c(=O)c1C. The molecule has 2 aromatic heterocycles. The Kier molecular flexibility index (Phi) is 5.85. The molecular formula is C27H24N6O2. The van der Waals surface area contributed by atoms with E-state index in [0.717, 1.165) is 21.9 Å². The molecule has 2 heterocycles. The molecule has 2 amide bonds. The van der Waals surface area contributed by atoms with Crippen molar-refractivity contribution < 1.29 is 4.79 Å². The Morgan fingerprint density at radius 3 is 2.51 bits per heavy atom. The van der Waals surface area contributed by atoms with E-state index >= 15 is 0 Å². The van der Waals surface area contributed by atoms with Gasteiger partial charge in [0.05, 0.1) is 5.69 Å². The molecule has 0 saturated heterocycles. The Bertz CT molecular complexity index is 1580. The molecule has 0 aliphatic heterocycles. The summed E-state index contributed by atoms with van der Waals surface area (Å²) in [7, 11) is 0. The Morgan fingerprint density at radius 1 is 0.971 bits per heavy atom. The molecule has 0 aliphatic carbocycles. The maximum Gasteiger partial charge on any atom is 0.320 e. The van der Waals surface area contributed by atoms with E-state index < -0.39 is 6.03 Å². The van der Waals surface area contributed by atoms with Crippen LogP contribution in [0.5, 0.6) is 0 Å². The number of aromatic amines is 1. The van der Waals surface area contributed by atoms with Gasteiger partial charge in [-0.1, -0.05) is 72.8 Å². The van der Waals surface area contributed by atoms with E-state index in [1.54, 1.807) is 19.9 Å². The third-order valence-electron chi connectivity index (χ3n) is 5.92. The number of hydrogen-bond acceptors (Lipinski definition) is 4. The van der Waals surface area contributed by atoms with Gasteiger partial charge in [-0.05, 0) is 30.2 Å². The van der Waals surface area contributed by atoms with Crippen LogP contribution in [0.2, 0.25) is 0 Å². The average Bonchev–Trinajstić information content (AvgIpc) is 3.30. The van der Waals surface area contributed by atoms with E-state index in [0.29, 0.717) is 29.3 Å². The van der Waals surface area contributed by atoms with Gasteiger partial charge in [0.2, 0.25) is 5.95 Å². The van der Waals surface area contributed by atoms with Crippen LogP contribution in [0.4, 0.5) is 10.6 Å². The molecule has 5 rings (SSSR count). The first-order valence-electron chi connectivity index (χ1n) is 11.2. The summed E-state index contributed by atoms with van der Waals surface area (Å²) < 4.78 is 1.44. The zero-order chi connectivity index (χ0) is 24.4. The van der Waals surface area contributed by atoms with Crippen LogP contribution in [0, 0.1) is 13.8 Å². The van der Waals surface area contributed by atoms with E-state index in [-0.39, 0.29) is 11.5 Å². The number of aromatic nitrogens is 4. The lowest BCUT2D eigenvalue weighted by molar-refractivity contribution is 0.251. The van der Waals surface area contributed by atoms with Crippen molar-refractivity contribution in [1.82, 2.24) is 25.1 Å². The average molecular weight is 465 g/mol. The molecule has 8 heteroatoms. The topological polar surface area (TPSA) is 105 Å². The number of carbonyl (C=O) groups excluding carboxylic acids is 1. The van der Waals surface area contributed by atoms with Crippen LogP contribution in [-0.4, -0.2) is 25.8 Å². The van der Waals surface area contributed by atoms with Crippen molar-refractivity contribution in [3.63, 3.8) is 0 Å². The van der Waals surface area contributed by atoms with Crippen molar-refractivity contribution in [2.75, 3.05) is 5.32 Å². The molecule has 0 aliphatic rings. The number of nitrogens with one attached hydrogen (secondary N) is 3. The normalized spacial score (nSPS) is 10.9. The number of rotatable bonds is 5. The molecule has 35 heavy (non-hydrogen) atoms. The van der Waals surface area contributed by atoms with Gasteiger partial charge in [-0.2, -0.15) is 9.78 Å². The predicted octanol–water partition coefficient (Wildman–Crippen LogP) is 4.71. The fourth-order valence-electron chi connectivity index (χ4n) is 3.89. The quantitative estimate of drug-likeness (QED) is 0.350. The van der Waals surface area contributed by atoms with Crippen LogP contribution in [0.25, 0.3) is 28.0 Å². The maximum atomic E-state index is 12.9. The summed E-state index contributed by atoms with van der Waals surface area (Å²) in [5, 5.41) is 12.6. The standard InChI is InChI=1S/C27H24N6O2/c1-17-18(2)29-26(31-25(17)34)33-24(15-23(32-33)20-10-4-3-5-11-20)30-27(35)28-16-21-13-8-12-19-9-6-7-14-22(19)21/h3-15H,16H2,1-2H3,(H2,28,30,35)(H,29,31,34). The van der Waals surface area contributed by atoms with E-state index in [1.807, 2.05) is 72.8 Å². The smallest absolute Gasteiger partial charge is 0.320 e. The zero-order valence-corrected chi connectivity index (χ0v) is 19.4. The van der Waals surface area contributed by atoms with Crippen molar-refractivity contribution in [1.29, 1.82) is 0 Å². The Hall–Kier alpha value is -4.72. The highest BCUT2D eigenvalue weighted by molar-refractivity contribution is 5.90. The van der Waals surface area contributed by atoms with Gasteiger partial charge in [0, 0.05) is 29.4 Å². The minimum absolute atomic E-state index is 0.227. The number of aryl methyl sites for hydroxylation is 1. The van der Waals surface area contributed by atoms with Crippen molar-refractivity contribution >= 4 is 22.6 Å². The summed E-state index contributed by atoms with van der Waals surface area (Å²) in [4.78, 5) is 32.5. The van der Waals surface area contributed by atoms with Gasteiger partial charge in [-0.25, -0.2) is 9.78 Å². The minimum atomic E-state index is -0.398. The highest BCUT2D eigenvalue weighted by Crippen LogP contribution is 2.24. The molecule has 3 aromatic carbocycles. The van der Waals surface area contributed by atoms with Gasteiger partial charge in [0.25, 0.3) is 5.56 Å². The second-order valence-corrected chi connectivity index (χ2v) is 8.24. The van der Waals surface area contributed by atoms with Crippen LogP contribution >= 0.6 is 0 Å². The first kappa shape index (κ1) is 22.1. The third kappa shape index (κ3) is 4.54. The largest absolute Gasteiger partial charge is 0.334 e. The molecule has 174 valence electrons. The molecule has 0 fully saturated rings. The zero-order valence-electron chi connectivity index (χ0n) is 19.4. The Balaban J connectivity index is 1.44. The number of anilines is 1. The molecule has 0 spiro atoms. The first-order valence-corrected chi connectivity index (χ1v) is 11.2.